The highest BCUT2D eigenvalue weighted by Gasteiger charge is 2.25. The van der Waals surface area contributed by atoms with Gasteiger partial charge in [0.05, 0.1) is 6.10 Å². The van der Waals surface area contributed by atoms with Crippen LogP contribution in [0.5, 0.6) is 0 Å². The average Bonchev–Trinajstić information content (AvgIpc) is 2.65. The molecule has 0 amide bonds. The summed E-state index contributed by atoms with van der Waals surface area (Å²) in [5, 5.41) is 12.9. The van der Waals surface area contributed by atoms with Crippen molar-refractivity contribution in [3.05, 3.63) is 0 Å². The SMILES string of the molecule is CCC(O)CCNC1CCCC1CN. The molecule has 3 unspecified atom stereocenters. The van der Waals surface area contributed by atoms with Crippen molar-refractivity contribution in [2.24, 2.45) is 11.7 Å². The Morgan fingerprint density at radius 3 is 2.93 bits per heavy atom. The molecule has 0 aromatic rings. The predicted molar refractivity (Wildman–Crippen MR) is 59.1 cm³/mol. The average molecular weight is 200 g/mol. The van der Waals surface area contributed by atoms with Gasteiger partial charge in [0.25, 0.3) is 0 Å². The molecule has 0 spiro atoms. The van der Waals surface area contributed by atoms with E-state index in [0.29, 0.717) is 12.0 Å². The number of hydrogen-bond donors (Lipinski definition) is 3. The highest BCUT2D eigenvalue weighted by Crippen LogP contribution is 2.24. The second-order valence-electron chi connectivity index (χ2n) is 4.34. The molecule has 0 bridgehead atoms. The number of rotatable bonds is 6. The molecule has 14 heavy (non-hydrogen) atoms. The van der Waals surface area contributed by atoms with Crippen LogP contribution in [0.4, 0.5) is 0 Å². The third-order valence-corrected chi connectivity index (χ3v) is 3.32. The van der Waals surface area contributed by atoms with Crippen molar-refractivity contribution in [3.8, 4) is 0 Å². The molecule has 1 rings (SSSR count). The van der Waals surface area contributed by atoms with E-state index in [1.54, 1.807) is 0 Å². The zero-order valence-corrected chi connectivity index (χ0v) is 9.21. The van der Waals surface area contributed by atoms with Crippen LogP contribution in [0.2, 0.25) is 0 Å². The van der Waals surface area contributed by atoms with Crippen LogP contribution in [0.15, 0.2) is 0 Å². The minimum Gasteiger partial charge on any atom is -0.393 e. The maximum atomic E-state index is 9.39. The van der Waals surface area contributed by atoms with E-state index in [9.17, 15) is 5.11 Å². The van der Waals surface area contributed by atoms with Gasteiger partial charge < -0.3 is 16.2 Å². The van der Waals surface area contributed by atoms with Gasteiger partial charge in [0.1, 0.15) is 0 Å². The van der Waals surface area contributed by atoms with Crippen LogP contribution in [0.25, 0.3) is 0 Å². The molecule has 0 radical (unpaired) electrons. The zero-order valence-electron chi connectivity index (χ0n) is 9.21. The quantitative estimate of drug-likeness (QED) is 0.596. The number of nitrogens with two attached hydrogens (primary N) is 1. The minimum absolute atomic E-state index is 0.139. The molecule has 1 aliphatic rings. The van der Waals surface area contributed by atoms with E-state index in [0.717, 1.165) is 25.9 Å². The first-order valence-electron chi connectivity index (χ1n) is 5.89. The molecule has 0 heterocycles. The van der Waals surface area contributed by atoms with Gasteiger partial charge in [-0.25, -0.2) is 0 Å². The number of nitrogens with one attached hydrogen (secondary N) is 1. The Morgan fingerprint density at radius 2 is 2.29 bits per heavy atom. The molecule has 0 aliphatic heterocycles. The zero-order chi connectivity index (χ0) is 10.4. The summed E-state index contributed by atoms with van der Waals surface area (Å²) in [5.74, 6) is 0.661. The van der Waals surface area contributed by atoms with E-state index in [-0.39, 0.29) is 6.10 Å². The van der Waals surface area contributed by atoms with Crippen molar-refractivity contribution >= 4 is 0 Å². The molecule has 1 aliphatic carbocycles. The molecule has 84 valence electrons. The van der Waals surface area contributed by atoms with Crippen LogP contribution in [-0.2, 0) is 0 Å². The first-order valence-corrected chi connectivity index (χ1v) is 5.89. The third kappa shape index (κ3) is 3.56. The fourth-order valence-electron chi connectivity index (χ4n) is 2.23. The van der Waals surface area contributed by atoms with E-state index in [1.165, 1.54) is 19.3 Å². The minimum atomic E-state index is -0.139. The lowest BCUT2D eigenvalue weighted by molar-refractivity contribution is 0.157. The lowest BCUT2D eigenvalue weighted by Gasteiger charge is -2.20. The number of aliphatic hydroxyl groups is 1. The van der Waals surface area contributed by atoms with Crippen molar-refractivity contribution < 1.29 is 5.11 Å². The van der Waals surface area contributed by atoms with Crippen LogP contribution in [0, 0.1) is 5.92 Å². The standard InChI is InChI=1S/C11H24N2O/c1-2-10(14)6-7-13-11-5-3-4-9(11)8-12/h9-11,13-14H,2-8,12H2,1H3. The van der Waals surface area contributed by atoms with Gasteiger partial charge in [-0.05, 0) is 44.7 Å². The molecule has 1 saturated carbocycles. The van der Waals surface area contributed by atoms with Gasteiger partial charge in [-0.1, -0.05) is 13.3 Å². The van der Waals surface area contributed by atoms with Crippen molar-refractivity contribution in [3.63, 3.8) is 0 Å². The molecule has 1 fully saturated rings. The molecule has 0 saturated heterocycles. The van der Waals surface area contributed by atoms with Crippen molar-refractivity contribution in [2.75, 3.05) is 13.1 Å². The summed E-state index contributed by atoms with van der Waals surface area (Å²) in [6, 6.07) is 0.601. The molecule has 3 atom stereocenters. The first-order chi connectivity index (χ1) is 6.77. The van der Waals surface area contributed by atoms with Gasteiger partial charge in [-0.3, -0.25) is 0 Å². The predicted octanol–water partition coefficient (Wildman–Crippen LogP) is 0.864. The second-order valence-corrected chi connectivity index (χ2v) is 4.34. The summed E-state index contributed by atoms with van der Waals surface area (Å²) in [6.45, 7) is 3.74. The Hall–Kier alpha value is -0.120. The summed E-state index contributed by atoms with van der Waals surface area (Å²) >= 11 is 0. The van der Waals surface area contributed by atoms with Crippen LogP contribution in [0.3, 0.4) is 0 Å². The maximum absolute atomic E-state index is 9.39. The van der Waals surface area contributed by atoms with E-state index in [4.69, 9.17) is 5.73 Å². The van der Waals surface area contributed by atoms with Gasteiger partial charge in [-0.15, -0.1) is 0 Å². The van der Waals surface area contributed by atoms with Gasteiger partial charge in [0, 0.05) is 6.04 Å². The fourth-order valence-corrected chi connectivity index (χ4v) is 2.23. The smallest absolute Gasteiger partial charge is 0.0549 e. The first kappa shape index (κ1) is 12.0. The molecule has 0 aromatic carbocycles. The summed E-state index contributed by atoms with van der Waals surface area (Å²) < 4.78 is 0. The summed E-state index contributed by atoms with van der Waals surface area (Å²) in [7, 11) is 0. The highest BCUT2D eigenvalue weighted by molar-refractivity contribution is 4.83. The van der Waals surface area contributed by atoms with Crippen LogP contribution >= 0.6 is 0 Å². The Kier molecular flexibility index (Phi) is 5.45. The monoisotopic (exact) mass is 200 g/mol. The summed E-state index contributed by atoms with van der Waals surface area (Å²) in [5.41, 5.74) is 5.69. The lowest BCUT2D eigenvalue weighted by Crippen LogP contribution is -2.37. The summed E-state index contributed by atoms with van der Waals surface area (Å²) in [6.07, 6.45) is 5.40. The van der Waals surface area contributed by atoms with Crippen LogP contribution in [-0.4, -0.2) is 30.3 Å². The second kappa shape index (κ2) is 6.38. The third-order valence-electron chi connectivity index (χ3n) is 3.32. The Morgan fingerprint density at radius 1 is 1.50 bits per heavy atom. The van der Waals surface area contributed by atoms with Gasteiger partial charge in [0.2, 0.25) is 0 Å². The molecule has 0 aromatic heterocycles. The molecule has 3 nitrogen and oxygen atoms in total. The van der Waals surface area contributed by atoms with E-state index >= 15 is 0 Å². The van der Waals surface area contributed by atoms with Crippen molar-refractivity contribution in [1.29, 1.82) is 0 Å². The largest absolute Gasteiger partial charge is 0.393 e. The fraction of sp³-hybridized carbons (Fsp3) is 1.00. The van der Waals surface area contributed by atoms with E-state index in [1.807, 2.05) is 6.92 Å². The van der Waals surface area contributed by atoms with Gasteiger partial charge >= 0.3 is 0 Å². The molecular formula is C11H24N2O. The van der Waals surface area contributed by atoms with E-state index < -0.39 is 0 Å². The summed E-state index contributed by atoms with van der Waals surface area (Å²) in [4.78, 5) is 0. The van der Waals surface area contributed by atoms with Crippen molar-refractivity contribution in [2.45, 2.75) is 51.2 Å². The normalized spacial score (nSPS) is 29.4. The van der Waals surface area contributed by atoms with E-state index in [2.05, 4.69) is 5.32 Å². The van der Waals surface area contributed by atoms with Crippen LogP contribution < -0.4 is 11.1 Å². The highest BCUT2D eigenvalue weighted by atomic mass is 16.3. The lowest BCUT2D eigenvalue weighted by atomic mass is 10.0. The Balaban J connectivity index is 2.11. The topological polar surface area (TPSA) is 58.3 Å². The molecule has 3 heteroatoms. The Labute approximate surface area is 87.1 Å². The van der Waals surface area contributed by atoms with Gasteiger partial charge in [-0.2, -0.15) is 0 Å². The molecular weight excluding hydrogens is 176 g/mol. The number of aliphatic hydroxyl groups excluding tert-OH is 1. The maximum Gasteiger partial charge on any atom is 0.0549 e. The van der Waals surface area contributed by atoms with Crippen LogP contribution in [0.1, 0.15) is 39.0 Å². The van der Waals surface area contributed by atoms with Gasteiger partial charge in [0.15, 0.2) is 0 Å². The Bertz CT molecular complexity index is 152. The van der Waals surface area contributed by atoms with Crippen molar-refractivity contribution in [1.82, 2.24) is 5.32 Å². The molecule has 4 N–H and O–H groups in total. The number of hydrogen-bond acceptors (Lipinski definition) is 3.